The lowest BCUT2D eigenvalue weighted by molar-refractivity contribution is -0.0704. The Morgan fingerprint density at radius 2 is 2.20 bits per heavy atom. The fraction of sp³-hybridized carbons (Fsp3) is 0.625. The predicted octanol–water partition coefficient (Wildman–Crippen LogP) is 5.04. The molecule has 0 aliphatic heterocycles. The van der Waals surface area contributed by atoms with Crippen molar-refractivity contribution < 1.29 is 4.74 Å². The molecule has 1 aliphatic carbocycles. The number of nitrogens with one attached hydrogen (secondary N) is 1. The minimum atomic E-state index is 0.203. The van der Waals surface area contributed by atoms with Gasteiger partial charge < -0.3 is 10.1 Å². The molecule has 0 saturated heterocycles. The maximum atomic E-state index is 6.21. The summed E-state index contributed by atoms with van der Waals surface area (Å²) in [6.07, 6.45) is 3.62. The van der Waals surface area contributed by atoms with Crippen molar-refractivity contribution in [1.29, 1.82) is 0 Å². The summed E-state index contributed by atoms with van der Waals surface area (Å²) in [7, 11) is 0. The van der Waals surface area contributed by atoms with Crippen molar-refractivity contribution in [1.82, 2.24) is 5.32 Å². The molecule has 1 saturated carbocycles. The van der Waals surface area contributed by atoms with Crippen LogP contribution in [-0.2, 0) is 0 Å². The van der Waals surface area contributed by atoms with Crippen molar-refractivity contribution in [2.75, 3.05) is 6.54 Å². The van der Waals surface area contributed by atoms with Crippen LogP contribution in [0.2, 0.25) is 5.02 Å². The Kier molecular flexibility index (Phi) is 5.38. The van der Waals surface area contributed by atoms with E-state index in [1.54, 1.807) is 0 Å². The third kappa shape index (κ3) is 3.15. The van der Waals surface area contributed by atoms with Crippen molar-refractivity contribution in [3.05, 3.63) is 27.7 Å². The van der Waals surface area contributed by atoms with Crippen molar-refractivity contribution in [2.45, 2.75) is 52.2 Å². The highest BCUT2D eigenvalue weighted by atomic mass is 79.9. The van der Waals surface area contributed by atoms with E-state index in [4.69, 9.17) is 16.3 Å². The van der Waals surface area contributed by atoms with Gasteiger partial charge in [-0.1, -0.05) is 32.4 Å². The SMILES string of the molecule is CCCNC1CC(Oc2ccc(Cl)cc2Br)C1(C)CC. The molecular formula is C16H23BrClNO. The summed E-state index contributed by atoms with van der Waals surface area (Å²) in [5.74, 6) is 0.882. The van der Waals surface area contributed by atoms with Crippen LogP contribution in [0, 0.1) is 5.41 Å². The van der Waals surface area contributed by atoms with Gasteiger partial charge in [0.25, 0.3) is 0 Å². The summed E-state index contributed by atoms with van der Waals surface area (Å²) in [6.45, 7) is 7.84. The van der Waals surface area contributed by atoms with Crippen LogP contribution in [0.3, 0.4) is 0 Å². The van der Waals surface area contributed by atoms with Gasteiger partial charge in [-0.05, 0) is 53.5 Å². The Labute approximate surface area is 135 Å². The number of hydrogen-bond donors (Lipinski definition) is 1. The first-order chi connectivity index (χ1) is 9.51. The molecule has 3 unspecified atom stereocenters. The molecule has 0 amide bonds. The minimum Gasteiger partial charge on any atom is -0.489 e. The quantitative estimate of drug-likeness (QED) is 0.767. The number of hydrogen-bond acceptors (Lipinski definition) is 2. The van der Waals surface area contributed by atoms with Gasteiger partial charge in [0.05, 0.1) is 4.47 Å². The number of benzene rings is 1. The van der Waals surface area contributed by atoms with Crippen molar-refractivity contribution in [3.63, 3.8) is 0 Å². The van der Waals surface area contributed by atoms with Crippen LogP contribution < -0.4 is 10.1 Å². The molecule has 0 heterocycles. The van der Waals surface area contributed by atoms with Gasteiger partial charge in [0.2, 0.25) is 0 Å². The van der Waals surface area contributed by atoms with Gasteiger partial charge in [0, 0.05) is 22.9 Å². The lowest BCUT2D eigenvalue weighted by Crippen LogP contribution is -2.63. The zero-order valence-corrected chi connectivity index (χ0v) is 14.7. The van der Waals surface area contributed by atoms with E-state index in [1.165, 1.54) is 6.42 Å². The molecule has 2 nitrogen and oxygen atoms in total. The molecule has 0 bridgehead atoms. The summed E-state index contributed by atoms with van der Waals surface area (Å²) < 4.78 is 7.13. The third-order valence-corrected chi connectivity index (χ3v) is 5.40. The van der Waals surface area contributed by atoms with E-state index in [0.717, 1.165) is 34.6 Å². The van der Waals surface area contributed by atoms with E-state index < -0.39 is 0 Å². The molecule has 20 heavy (non-hydrogen) atoms. The molecule has 4 heteroatoms. The molecule has 1 aromatic carbocycles. The molecule has 1 fully saturated rings. The van der Waals surface area contributed by atoms with Crippen molar-refractivity contribution >= 4 is 27.5 Å². The second kappa shape index (κ2) is 6.67. The van der Waals surface area contributed by atoms with Gasteiger partial charge in [-0.15, -0.1) is 0 Å². The van der Waals surface area contributed by atoms with E-state index in [-0.39, 0.29) is 11.5 Å². The fourth-order valence-corrected chi connectivity index (χ4v) is 3.61. The van der Waals surface area contributed by atoms with E-state index >= 15 is 0 Å². The molecule has 0 radical (unpaired) electrons. The summed E-state index contributed by atoms with van der Waals surface area (Å²) in [6, 6.07) is 6.25. The van der Waals surface area contributed by atoms with Crippen molar-refractivity contribution in [3.8, 4) is 5.75 Å². The molecule has 112 valence electrons. The Bertz CT molecular complexity index is 468. The van der Waals surface area contributed by atoms with Crippen LogP contribution >= 0.6 is 27.5 Å². The number of ether oxygens (including phenoxy) is 1. The van der Waals surface area contributed by atoms with Gasteiger partial charge in [0.15, 0.2) is 0 Å². The summed E-state index contributed by atoms with van der Waals surface area (Å²) in [5.41, 5.74) is 0.203. The number of rotatable bonds is 6. The van der Waals surface area contributed by atoms with Crippen molar-refractivity contribution in [2.24, 2.45) is 5.41 Å². The lowest BCUT2D eigenvalue weighted by Gasteiger charge is -2.53. The first-order valence-corrected chi connectivity index (χ1v) is 8.53. The van der Waals surface area contributed by atoms with E-state index in [9.17, 15) is 0 Å². The largest absolute Gasteiger partial charge is 0.489 e. The molecule has 0 aromatic heterocycles. The maximum absolute atomic E-state index is 6.21. The van der Waals surface area contributed by atoms with Gasteiger partial charge >= 0.3 is 0 Å². The van der Waals surface area contributed by atoms with Crippen LogP contribution in [0.15, 0.2) is 22.7 Å². The van der Waals surface area contributed by atoms with E-state index in [2.05, 4.69) is 42.0 Å². The monoisotopic (exact) mass is 359 g/mol. The first kappa shape index (κ1) is 16.1. The van der Waals surface area contributed by atoms with Gasteiger partial charge in [-0.25, -0.2) is 0 Å². The fourth-order valence-electron chi connectivity index (χ4n) is 2.83. The summed E-state index contributed by atoms with van der Waals surface area (Å²) >= 11 is 9.49. The Morgan fingerprint density at radius 3 is 2.80 bits per heavy atom. The van der Waals surface area contributed by atoms with E-state index in [0.29, 0.717) is 6.04 Å². The van der Waals surface area contributed by atoms with Gasteiger partial charge in [0.1, 0.15) is 11.9 Å². The highest BCUT2D eigenvalue weighted by Gasteiger charge is 2.51. The first-order valence-electron chi connectivity index (χ1n) is 7.36. The topological polar surface area (TPSA) is 21.3 Å². The summed E-state index contributed by atoms with van der Waals surface area (Å²) in [4.78, 5) is 0. The number of halogens is 2. The highest BCUT2D eigenvalue weighted by Crippen LogP contribution is 2.47. The molecule has 1 N–H and O–H groups in total. The zero-order chi connectivity index (χ0) is 14.8. The molecule has 0 spiro atoms. The van der Waals surface area contributed by atoms with E-state index in [1.807, 2.05) is 18.2 Å². The lowest BCUT2D eigenvalue weighted by atomic mass is 9.61. The maximum Gasteiger partial charge on any atom is 0.134 e. The molecule has 3 atom stereocenters. The molecule has 1 aliphatic rings. The Morgan fingerprint density at radius 1 is 1.45 bits per heavy atom. The predicted molar refractivity (Wildman–Crippen MR) is 88.7 cm³/mol. The second-order valence-electron chi connectivity index (χ2n) is 5.78. The van der Waals surface area contributed by atoms with Crippen LogP contribution in [0.25, 0.3) is 0 Å². The normalized spacial score (nSPS) is 29.1. The van der Waals surface area contributed by atoms with Crippen LogP contribution in [-0.4, -0.2) is 18.7 Å². The third-order valence-electron chi connectivity index (χ3n) is 4.55. The standard InChI is InChI=1S/C16H23BrClNO/c1-4-8-19-14-10-15(16(14,3)5-2)20-13-7-6-11(18)9-12(13)17/h6-7,9,14-15,19H,4-5,8,10H2,1-3H3. The smallest absolute Gasteiger partial charge is 0.134 e. The molecule has 2 rings (SSSR count). The van der Waals surface area contributed by atoms with Gasteiger partial charge in [-0.3, -0.25) is 0 Å². The van der Waals surface area contributed by atoms with Crippen LogP contribution in [0.4, 0.5) is 0 Å². The van der Waals surface area contributed by atoms with Crippen LogP contribution in [0.5, 0.6) is 5.75 Å². The van der Waals surface area contributed by atoms with Gasteiger partial charge in [-0.2, -0.15) is 0 Å². The average molecular weight is 361 g/mol. The van der Waals surface area contributed by atoms with Crippen LogP contribution in [0.1, 0.15) is 40.0 Å². The average Bonchev–Trinajstić information content (AvgIpc) is 2.43. The molecular weight excluding hydrogens is 338 g/mol. The highest BCUT2D eigenvalue weighted by molar-refractivity contribution is 9.10. The molecule has 1 aromatic rings. The minimum absolute atomic E-state index is 0.203. The summed E-state index contributed by atoms with van der Waals surface area (Å²) in [5, 5.41) is 4.36. The Hall–Kier alpha value is -0.250. The second-order valence-corrected chi connectivity index (χ2v) is 7.07. The Balaban J connectivity index is 2.03. The zero-order valence-electron chi connectivity index (χ0n) is 12.4.